The van der Waals surface area contributed by atoms with Crippen molar-refractivity contribution in [3.63, 3.8) is 0 Å². The number of benzene rings is 3. The smallest absolute Gasteiger partial charge is 0.233 e. The van der Waals surface area contributed by atoms with Crippen LogP contribution >= 0.6 is 23.2 Å². The standard InChI is InChI=1S/C34H37Cl2N3O2/c1-23(25-9-5-4-6-10-25)37(3)32(41)34(26-13-14-29(35)30(36)19-26)20-27(34)21-38-17-15-33(16-18-38)22-39(24(2)40)31-12-8-7-11-28(31)33/h4-14,19,23,27H,15-18,20-22H2,1-3H3/t23-,27+,34-/m1/s1. The van der Waals surface area contributed by atoms with Gasteiger partial charge in [-0.3, -0.25) is 9.59 Å². The minimum atomic E-state index is -0.619. The SMILES string of the molecule is CC(=O)N1CC2(CCN(C[C@@H]3C[C@@]3(C(=O)N(C)[C@H](C)c3ccccc3)c3ccc(Cl)c(Cl)c3)CC2)c2ccccc21. The molecule has 3 aliphatic rings. The van der Waals surface area contributed by atoms with E-state index < -0.39 is 5.41 Å². The Balaban J connectivity index is 1.21. The number of rotatable bonds is 6. The lowest BCUT2D eigenvalue weighted by Gasteiger charge is -2.40. The van der Waals surface area contributed by atoms with Crippen LogP contribution in [-0.2, 0) is 20.4 Å². The highest BCUT2D eigenvalue weighted by Crippen LogP contribution is 2.57. The Labute approximate surface area is 253 Å². The molecular weight excluding hydrogens is 553 g/mol. The van der Waals surface area contributed by atoms with Crippen molar-refractivity contribution in [2.24, 2.45) is 5.92 Å². The Bertz CT molecular complexity index is 1470. The monoisotopic (exact) mass is 589 g/mol. The summed E-state index contributed by atoms with van der Waals surface area (Å²) in [5.74, 6) is 0.428. The predicted molar refractivity (Wildman–Crippen MR) is 166 cm³/mol. The van der Waals surface area contributed by atoms with Crippen LogP contribution < -0.4 is 4.90 Å². The third-order valence-electron chi connectivity index (χ3n) is 10.0. The van der Waals surface area contributed by atoms with Gasteiger partial charge in [0.05, 0.1) is 21.5 Å². The second-order valence-electron chi connectivity index (χ2n) is 12.2. The van der Waals surface area contributed by atoms with Crippen LogP contribution in [0.25, 0.3) is 0 Å². The molecule has 41 heavy (non-hydrogen) atoms. The van der Waals surface area contributed by atoms with E-state index in [2.05, 4.69) is 42.2 Å². The summed E-state index contributed by atoms with van der Waals surface area (Å²) in [6.45, 7) is 7.24. The van der Waals surface area contributed by atoms with E-state index in [1.807, 2.05) is 59.3 Å². The summed E-state index contributed by atoms with van der Waals surface area (Å²) in [7, 11) is 1.91. The fraction of sp³-hybridized carbons (Fsp3) is 0.412. The number of carbonyl (C=O) groups excluding carboxylic acids is 2. The second kappa shape index (κ2) is 10.8. The summed E-state index contributed by atoms with van der Waals surface area (Å²) in [6.07, 6.45) is 2.79. The first-order chi connectivity index (χ1) is 19.7. The van der Waals surface area contributed by atoms with E-state index in [9.17, 15) is 9.59 Å². The molecule has 0 aromatic heterocycles. The minimum absolute atomic E-state index is 0.00423. The van der Waals surface area contributed by atoms with Gasteiger partial charge in [-0.25, -0.2) is 0 Å². The van der Waals surface area contributed by atoms with Crippen molar-refractivity contribution in [2.75, 3.05) is 38.1 Å². The number of piperidine rings is 1. The van der Waals surface area contributed by atoms with Gasteiger partial charge in [0.25, 0.3) is 0 Å². The van der Waals surface area contributed by atoms with Crippen LogP contribution in [0.2, 0.25) is 10.0 Å². The number of carbonyl (C=O) groups is 2. The molecule has 0 unspecified atom stereocenters. The molecule has 0 N–H and O–H groups in total. The average molecular weight is 591 g/mol. The molecule has 1 aliphatic carbocycles. The molecule has 0 radical (unpaired) electrons. The molecule has 2 aliphatic heterocycles. The molecule has 3 aromatic rings. The van der Waals surface area contributed by atoms with Crippen LogP contribution in [0.4, 0.5) is 5.69 Å². The molecule has 3 aromatic carbocycles. The number of halogens is 2. The predicted octanol–water partition coefficient (Wildman–Crippen LogP) is 6.87. The topological polar surface area (TPSA) is 43.9 Å². The molecule has 1 saturated heterocycles. The lowest BCUT2D eigenvalue weighted by molar-refractivity contribution is -0.135. The molecule has 3 atom stereocenters. The first-order valence-electron chi connectivity index (χ1n) is 14.5. The Morgan fingerprint density at radius 1 is 0.976 bits per heavy atom. The molecule has 2 fully saturated rings. The third kappa shape index (κ3) is 4.86. The van der Waals surface area contributed by atoms with Gasteiger partial charge in [-0.2, -0.15) is 0 Å². The first-order valence-corrected chi connectivity index (χ1v) is 15.3. The van der Waals surface area contributed by atoms with Gasteiger partial charge in [0, 0.05) is 38.2 Å². The van der Waals surface area contributed by atoms with E-state index in [1.165, 1.54) is 5.56 Å². The minimum Gasteiger partial charge on any atom is -0.338 e. The number of hydrogen-bond acceptors (Lipinski definition) is 3. The maximum absolute atomic E-state index is 14.3. The van der Waals surface area contributed by atoms with Crippen molar-refractivity contribution in [2.45, 2.75) is 50.0 Å². The van der Waals surface area contributed by atoms with E-state index in [0.717, 1.165) is 62.3 Å². The molecule has 2 amide bonds. The highest BCUT2D eigenvalue weighted by atomic mass is 35.5. The molecule has 2 heterocycles. The second-order valence-corrected chi connectivity index (χ2v) is 13.0. The normalized spacial score (nSPS) is 23.7. The Morgan fingerprint density at radius 3 is 2.34 bits per heavy atom. The number of likely N-dealkylation sites (tertiary alicyclic amines) is 1. The summed E-state index contributed by atoms with van der Waals surface area (Å²) >= 11 is 12.8. The van der Waals surface area contributed by atoms with Gasteiger partial charge < -0.3 is 14.7 Å². The van der Waals surface area contributed by atoms with Crippen molar-refractivity contribution < 1.29 is 9.59 Å². The largest absolute Gasteiger partial charge is 0.338 e. The molecule has 7 heteroatoms. The van der Waals surface area contributed by atoms with Gasteiger partial charge in [-0.15, -0.1) is 0 Å². The Hall–Kier alpha value is -2.86. The number of para-hydroxylation sites is 1. The zero-order valence-electron chi connectivity index (χ0n) is 23.9. The maximum Gasteiger partial charge on any atom is 0.233 e. The number of nitrogens with zero attached hydrogens (tertiary/aromatic N) is 3. The maximum atomic E-state index is 14.3. The quantitative estimate of drug-likeness (QED) is 0.315. The summed E-state index contributed by atoms with van der Waals surface area (Å²) in [6, 6.07) is 24.2. The van der Waals surface area contributed by atoms with Gasteiger partial charge in [-0.05, 0) is 80.1 Å². The molecular formula is C34H37Cl2N3O2. The zero-order chi connectivity index (χ0) is 28.9. The van der Waals surface area contributed by atoms with Crippen LogP contribution in [0.3, 0.4) is 0 Å². The first kappa shape index (κ1) is 28.3. The van der Waals surface area contributed by atoms with Gasteiger partial charge in [-0.1, -0.05) is 77.8 Å². The van der Waals surface area contributed by atoms with Crippen molar-refractivity contribution >= 4 is 40.7 Å². The van der Waals surface area contributed by atoms with E-state index >= 15 is 0 Å². The van der Waals surface area contributed by atoms with E-state index in [-0.39, 0.29) is 29.2 Å². The molecule has 6 rings (SSSR count). The Kier molecular flexibility index (Phi) is 7.42. The van der Waals surface area contributed by atoms with Gasteiger partial charge in [0.2, 0.25) is 11.8 Å². The van der Waals surface area contributed by atoms with Crippen molar-refractivity contribution in [1.82, 2.24) is 9.80 Å². The van der Waals surface area contributed by atoms with E-state index in [0.29, 0.717) is 10.0 Å². The van der Waals surface area contributed by atoms with Crippen molar-refractivity contribution in [3.05, 3.63) is 99.5 Å². The van der Waals surface area contributed by atoms with Gasteiger partial charge in [0.1, 0.15) is 0 Å². The molecule has 214 valence electrons. The summed E-state index contributed by atoms with van der Waals surface area (Å²) in [4.78, 5) is 33.1. The highest BCUT2D eigenvalue weighted by Gasteiger charge is 2.62. The summed E-state index contributed by atoms with van der Waals surface area (Å²) < 4.78 is 0. The van der Waals surface area contributed by atoms with Crippen LogP contribution in [-0.4, -0.2) is 54.8 Å². The molecule has 1 saturated carbocycles. The average Bonchev–Trinajstić information content (AvgIpc) is 3.62. The van der Waals surface area contributed by atoms with Crippen LogP contribution in [0.5, 0.6) is 0 Å². The van der Waals surface area contributed by atoms with Crippen molar-refractivity contribution in [3.8, 4) is 0 Å². The number of fused-ring (bicyclic) bond motifs is 2. The lowest BCUT2D eigenvalue weighted by Crippen LogP contribution is -2.47. The molecule has 5 nitrogen and oxygen atoms in total. The fourth-order valence-electron chi connectivity index (χ4n) is 7.32. The number of amides is 2. The number of anilines is 1. The van der Waals surface area contributed by atoms with Crippen LogP contribution in [0.1, 0.15) is 55.8 Å². The highest BCUT2D eigenvalue weighted by molar-refractivity contribution is 6.42. The fourth-order valence-corrected chi connectivity index (χ4v) is 7.62. The number of likely N-dealkylation sites (N-methyl/N-ethyl adjacent to an activating group) is 1. The molecule has 0 bridgehead atoms. The van der Waals surface area contributed by atoms with Crippen LogP contribution in [0.15, 0.2) is 72.8 Å². The van der Waals surface area contributed by atoms with Crippen LogP contribution in [0, 0.1) is 5.92 Å². The summed E-state index contributed by atoms with van der Waals surface area (Å²) in [5.41, 5.74) is 3.82. The Morgan fingerprint density at radius 2 is 1.66 bits per heavy atom. The third-order valence-corrected chi connectivity index (χ3v) is 10.7. The van der Waals surface area contributed by atoms with E-state index in [4.69, 9.17) is 23.2 Å². The summed E-state index contributed by atoms with van der Waals surface area (Å²) in [5, 5.41) is 0.981. The number of hydrogen-bond donors (Lipinski definition) is 0. The lowest BCUT2D eigenvalue weighted by atomic mass is 9.74. The van der Waals surface area contributed by atoms with Gasteiger partial charge >= 0.3 is 0 Å². The van der Waals surface area contributed by atoms with E-state index in [1.54, 1.807) is 6.92 Å². The zero-order valence-corrected chi connectivity index (χ0v) is 25.5. The van der Waals surface area contributed by atoms with Crippen molar-refractivity contribution in [1.29, 1.82) is 0 Å². The molecule has 1 spiro atoms. The van der Waals surface area contributed by atoms with Gasteiger partial charge in [0.15, 0.2) is 0 Å².